The van der Waals surface area contributed by atoms with Crippen LogP contribution in [0.1, 0.15) is 17.0 Å². The lowest BCUT2D eigenvalue weighted by Crippen LogP contribution is -2.24. The zero-order chi connectivity index (χ0) is 16.8. The van der Waals surface area contributed by atoms with Gasteiger partial charge in [0, 0.05) is 13.1 Å². The molecule has 23 heavy (non-hydrogen) atoms. The monoisotopic (exact) mass is 334 g/mol. The Hall–Kier alpha value is -2.15. The number of carbonyl (C=O) groups is 1. The lowest BCUT2D eigenvalue weighted by Gasteiger charge is -2.07. The van der Waals surface area contributed by atoms with Gasteiger partial charge in [-0.15, -0.1) is 16.8 Å². The third-order valence-corrected chi connectivity index (χ3v) is 4.24. The van der Waals surface area contributed by atoms with Crippen molar-refractivity contribution in [1.29, 1.82) is 0 Å². The molecule has 2 rings (SSSR count). The van der Waals surface area contributed by atoms with E-state index in [0.29, 0.717) is 23.8 Å². The van der Waals surface area contributed by atoms with E-state index < -0.39 is 0 Å². The molecule has 1 aromatic heterocycles. The molecule has 0 aliphatic rings. The number of allylic oxidation sites excluding steroid dienone is 1. The Kier molecular flexibility index (Phi) is 5.92. The quantitative estimate of drug-likeness (QED) is 0.625. The number of halogens is 1. The van der Waals surface area contributed by atoms with Crippen molar-refractivity contribution in [2.75, 3.05) is 5.75 Å². The first-order valence-electron chi connectivity index (χ1n) is 7.16. The number of rotatable bonds is 7. The zero-order valence-corrected chi connectivity index (χ0v) is 14.0. The molecule has 2 aromatic rings. The summed E-state index contributed by atoms with van der Waals surface area (Å²) in [5.74, 6) is 0.604. The van der Waals surface area contributed by atoms with Crippen molar-refractivity contribution in [3.63, 3.8) is 0 Å². The minimum Gasteiger partial charge on any atom is -0.351 e. The van der Waals surface area contributed by atoms with Gasteiger partial charge in [0.1, 0.15) is 11.6 Å². The molecule has 122 valence electrons. The summed E-state index contributed by atoms with van der Waals surface area (Å²) in [6, 6.07) is 4.94. The van der Waals surface area contributed by atoms with Gasteiger partial charge < -0.3 is 9.88 Å². The van der Waals surface area contributed by atoms with Gasteiger partial charge in [0.05, 0.1) is 5.75 Å². The minimum atomic E-state index is -0.265. The van der Waals surface area contributed by atoms with Crippen LogP contribution >= 0.6 is 11.8 Å². The lowest BCUT2D eigenvalue weighted by atomic mass is 10.1. The minimum absolute atomic E-state index is 0.137. The molecule has 0 aliphatic carbocycles. The van der Waals surface area contributed by atoms with E-state index in [9.17, 15) is 9.18 Å². The fourth-order valence-corrected chi connectivity index (χ4v) is 2.76. The Labute approximate surface area is 139 Å². The number of aryl methyl sites for hydroxylation is 2. The van der Waals surface area contributed by atoms with Crippen molar-refractivity contribution in [3.8, 4) is 0 Å². The van der Waals surface area contributed by atoms with Gasteiger partial charge in [0.25, 0.3) is 0 Å². The predicted octanol–water partition coefficient (Wildman–Crippen LogP) is 2.63. The van der Waals surface area contributed by atoms with Crippen LogP contribution in [0.3, 0.4) is 0 Å². The van der Waals surface area contributed by atoms with Gasteiger partial charge in [0.2, 0.25) is 5.91 Å². The largest absolute Gasteiger partial charge is 0.351 e. The molecule has 1 heterocycles. The van der Waals surface area contributed by atoms with Crippen molar-refractivity contribution in [2.24, 2.45) is 0 Å². The summed E-state index contributed by atoms with van der Waals surface area (Å²) in [7, 11) is 0. The van der Waals surface area contributed by atoms with Crippen LogP contribution in [-0.4, -0.2) is 26.4 Å². The maximum atomic E-state index is 13.4. The van der Waals surface area contributed by atoms with E-state index in [-0.39, 0.29) is 17.5 Å². The van der Waals surface area contributed by atoms with E-state index in [4.69, 9.17) is 0 Å². The Morgan fingerprint density at radius 2 is 2.22 bits per heavy atom. The standard InChI is InChI=1S/C16H19FN4OS/c1-4-7-21-12(3)19-20-16(21)23-10-15(22)18-9-13-6-5-11(2)14(17)8-13/h4-6,8H,1,7,9-10H2,2-3H3,(H,18,22). The third kappa shape index (κ3) is 4.66. The fraction of sp³-hybridized carbons (Fsp3) is 0.312. The van der Waals surface area contributed by atoms with Gasteiger partial charge in [0.15, 0.2) is 5.16 Å². The number of thioether (sulfide) groups is 1. The van der Waals surface area contributed by atoms with Gasteiger partial charge in [-0.2, -0.15) is 0 Å². The van der Waals surface area contributed by atoms with Gasteiger partial charge in [-0.05, 0) is 31.0 Å². The SMILES string of the molecule is C=CCn1c(C)nnc1SCC(=O)NCc1ccc(C)c(F)c1. The summed E-state index contributed by atoms with van der Waals surface area (Å²) in [5, 5.41) is 11.5. The summed E-state index contributed by atoms with van der Waals surface area (Å²) < 4.78 is 15.3. The van der Waals surface area contributed by atoms with E-state index in [2.05, 4.69) is 22.1 Å². The van der Waals surface area contributed by atoms with Gasteiger partial charge >= 0.3 is 0 Å². The van der Waals surface area contributed by atoms with Crippen molar-refractivity contribution < 1.29 is 9.18 Å². The highest BCUT2D eigenvalue weighted by Crippen LogP contribution is 2.16. The summed E-state index contributed by atoms with van der Waals surface area (Å²) in [6.07, 6.45) is 1.76. The molecule has 7 heteroatoms. The number of carbonyl (C=O) groups excluding carboxylic acids is 1. The average Bonchev–Trinajstić information content (AvgIpc) is 2.87. The maximum absolute atomic E-state index is 13.4. The van der Waals surface area contributed by atoms with Crippen molar-refractivity contribution >= 4 is 17.7 Å². The second-order valence-corrected chi connectivity index (χ2v) is 6.02. The summed E-state index contributed by atoms with van der Waals surface area (Å²) in [4.78, 5) is 11.9. The lowest BCUT2D eigenvalue weighted by molar-refractivity contribution is -0.118. The highest BCUT2D eigenvalue weighted by Gasteiger charge is 2.11. The second kappa shape index (κ2) is 7.92. The van der Waals surface area contributed by atoms with Crippen LogP contribution in [0.2, 0.25) is 0 Å². The smallest absolute Gasteiger partial charge is 0.230 e. The molecule has 0 fully saturated rings. The van der Waals surface area contributed by atoms with Gasteiger partial charge in [-0.3, -0.25) is 4.79 Å². The molecular weight excluding hydrogens is 315 g/mol. The van der Waals surface area contributed by atoms with E-state index >= 15 is 0 Å². The highest BCUT2D eigenvalue weighted by atomic mass is 32.2. The summed E-state index contributed by atoms with van der Waals surface area (Å²) in [5.41, 5.74) is 1.32. The number of aromatic nitrogens is 3. The Balaban J connectivity index is 1.85. The average molecular weight is 334 g/mol. The molecule has 5 nitrogen and oxygen atoms in total. The first-order valence-corrected chi connectivity index (χ1v) is 8.15. The Bertz CT molecular complexity index is 714. The maximum Gasteiger partial charge on any atom is 0.230 e. The van der Waals surface area contributed by atoms with E-state index in [1.54, 1.807) is 25.1 Å². The van der Waals surface area contributed by atoms with E-state index in [0.717, 1.165) is 11.4 Å². The molecule has 0 unspecified atom stereocenters. The number of amides is 1. The molecule has 0 atom stereocenters. The normalized spacial score (nSPS) is 10.6. The van der Waals surface area contributed by atoms with Gasteiger partial charge in [-0.25, -0.2) is 4.39 Å². The van der Waals surface area contributed by atoms with Crippen LogP contribution in [0, 0.1) is 19.7 Å². The van der Waals surface area contributed by atoms with Crippen LogP contribution in [0.25, 0.3) is 0 Å². The number of benzene rings is 1. The molecule has 0 spiro atoms. The third-order valence-electron chi connectivity index (χ3n) is 3.27. The van der Waals surface area contributed by atoms with E-state index in [1.807, 2.05) is 11.5 Å². The van der Waals surface area contributed by atoms with E-state index in [1.165, 1.54) is 17.8 Å². The first kappa shape index (κ1) is 17.2. The van der Waals surface area contributed by atoms with Crippen LogP contribution in [-0.2, 0) is 17.9 Å². The molecule has 1 N–H and O–H groups in total. The molecular formula is C16H19FN4OS. The fourth-order valence-electron chi connectivity index (χ4n) is 1.94. The molecule has 0 bridgehead atoms. The predicted molar refractivity (Wildman–Crippen MR) is 88.7 cm³/mol. The Morgan fingerprint density at radius 1 is 1.43 bits per heavy atom. The molecule has 0 radical (unpaired) electrons. The van der Waals surface area contributed by atoms with Crippen molar-refractivity contribution in [1.82, 2.24) is 20.1 Å². The molecule has 0 saturated heterocycles. The number of hydrogen-bond donors (Lipinski definition) is 1. The highest BCUT2D eigenvalue weighted by molar-refractivity contribution is 7.99. The van der Waals surface area contributed by atoms with Crippen LogP contribution < -0.4 is 5.32 Å². The Morgan fingerprint density at radius 3 is 2.91 bits per heavy atom. The summed E-state index contributed by atoms with van der Waals surface area (Å²) in [6.45, 7) is 8.15. The van der Waals surface area contributed by atoms with Crippen LogP contribution in [0.4, 0.5) is 4.39 Å². The molecule has 0 aliphatic heterocycles. The molecule has 0 saturated carbocycles. The topological polar surface area (TPSA) is 59.8 Å². The second-order valence-electron chi connectivity index (χ2n) is 5.08. The van der Waals surface area contributed by atoms with Crippen molar-refractivity contribution in [2.45, 2.75) is 32.1 Å². The van der Waals surface area contributed by atoms with Crippen LogP contribution in [0.5, 0.6) is 0 Å². The summed E-state index contributed by atoms with van der Waals surface area (Å²) >= 11 is 1.31. The number of hydrogen-bond acceptors (Lipinski definition) is 4. The number of nitrogens with one attached hydrogen (secondary N) is 1. The van der Waals surface area contributed by atoms with Crippen molar-refractivity contribution in [3.05, 3.63) is 53.6 Å². The van der Waals surface area contributed by atoms with Gasteiger partial charge in [-0.1, -0.05) is 30.0 Å². The first-order chi connectivity index (χ1) is 11.0. The zero-order valence-electron chi connectivity index (χ0n) is 13.2. The molecule has 1 aromatic carbocycles. The van der Waals surface area contributed by atoms with Crippen LogP contribution in [0.15, 0.2) is 36.0 Å². The number of nitrogens with zero attached hydrogens (tertiary/aromatic N) is 3. The molecule has 1 amide bonds.